The summed E-state index contributed by atoms with van der Waals surface area (Å²) < 4.78 is 11.5. The number of aryl methyl sites for hydroxylation is 1. The van der Waals surface area contributed by atoms with Gasteiger partial charge in [0.2, 0.25) is 11.8 Å². The van der Waals surface area contributed by atoms with E-state index in [1.807, 2.05) is 57.2 Å². The van der Waals surface area contributed by atoms with Gasteiger partial charge in [-0.2, -0.15) is 0 Å². The SMILES string of the molecule is CC(C)(C)OC(=O)c1ccc(C[C@H](NC(=O)OCC2c3ccccc3-c3ccccc32)C(=O)N2C[Si](C)(C)C[C@H]2C(=O)N[C@@H]2CCCc3ccccc32)cc1. The van der Waals surface area contributed by atoms with Crippen LogP contribution in [-0.4, -0.2) is 67.3 Å². The van der Waals surface area contributed by atoms with Crippen LogP contribution in [0.3, 0.4) is 0 Å². The molecule has 4 aromatic carbocycles. The van der Waals surface area contributed by atoms with Crippen LogP contribution in [-0.2, 0) is 31.9 Å². The molecule has 2 aliphatic carbocycles. The molecule has 3 aliphatic rings. The van der Waals surface area contributed by atoms with Gasteiger partial charge in [-0.05, 0) is 97.2 Å². The zero-order chi connectivity index (χ0) is 38.9. The molecule has 1 heterocycles. The highest BCUT2D eigenvalue weighted by molar-refractivity contribution is 6.79. The second kappa shape index (κ2) is 15.5. The monoisotopic (exact) mass is 757 g/mol. The normalized spacial score (nSPS) is 19.0. The van der Waals surface area contributed by atoms with E-state index in [-0.39, 0.29) is 36.8 Å². The van der Waals surface area contributed by atoms with Crippen molar-refractivity contribution < 1.29 is 28.7 Å². The predicted molar refractivity (Wildman–Crippen MR) is 215 cm³/mol. The third kappa shape index (κ3) is 8.54. The van der Waals surface area contributed by atoms with E-state index in [0.29, 0.717) is 17.8 Å². The first-order chi connectivity index (χ1) is 26.3. The number of fused-ring (bicyclic) bond motifs is 4. The number of hydrogen-bond acceptors (Lipinski definition) is 6. The molecular weight excluding hydrogens is 707 g/mol. The van der Waals surface area contributed by atoms with Gasteiger partial charge in [0.05, 0.1) is 19.7 Å². The first-order valence-electron chi connectivity index (χ1n) is 19.4. The van der Waals surface area contributed by atoms with E-state index in [4.69, 9.17) is 9.47 Å². The maximum atomic E-state index is 14.7. The number of alkyl carbamates (subject to hydrolysis) is 1. The third-order valence-electron chi connectivity index (χ3n) is 11.0. The lowest BCUT2D eigenvalue weighted by atomic mass is 9.87. The number of benzene rings is 4. The Morgan fingerprint density at radius 1 is 0.836 bits per heavy atom. The second-order valence-corrected chi connectivity index (χ2v) is 22.0. The van der Waals surface area contributed by atoms with Gasteiger partial charge in [-0.25, -0.2) is 9.59 Å². The Bertz CT molecular complexity index is 2050. The molecule has 0 aromatic heterocycles. The van der Waals surface area contributed by atoms with E-state index in [0.717, 1.165) is 52.6 Å². The van der Waals surface area contributed by atoms with Crippen molar-refractivity contribution in [2.45, 2.75) is 95.2 Å². The molecular formula is C45H51N3O6Si. The molecule has 0 spiro atoms. The third-order valence-corrected chi connectivity index (χ3v) is 13.6. The summed E-state index contributed by atoms with van der Waals surface area (Å²) in [6.45, 7) is 9.93. The van der Waals surface area contributed by atoms with Crippen LogP contribution in [0.2, 0.25) is 19.1 Å². The van der Waals surface area contributed by atoms with Crippen LogP contribution in [0.4, 0.5) is 4.79 Å². The van der Waals surface area contributed by atoms with Crippen molar-refractivity contribution in [3.8, 4) is 11.1 Å². The molecule has 55 heavy (non-hydrogen) atoms. The van der Waals surface area contributed by atoms with E-state index in [1.165, 1.54) is 5.56 Å². The lowest BCUT2D eigenvalue weighted by Crippen LogP contribution is -2.55. The molecule has 1 aliphatic heterocycles. The zero-order valence-electron chi connectivity index (χ0n) is 32.4. The summed E-state index contributed by atoms with van der Waals surface area (Å²) in [5.41, 5.74) is 7.29. The first kappa shape index (κ1) is 38.1. The molecule has 7 rings (SSSR count). The van der Waals surface area contributed by atoms with Crippen LogP contribution in [0, 0.1) is 0 Å². The van der Waals surface area contributed by atoms with Crippen LogP contribution >= 0.6 is 0 Å². The van der Waals surface area contributed by atoms with Crippen LogP contribution < -0.4 is 10.6 Å². The molecule has 4 aromatic rings. The Labute approximate surface area is 324 Å². The minimum Gasteiger partial charge on any atom is -0.456 e. The van der Waals surface area contributed by atoms with Crippen molar-refractivity contribution in [2.75, 3.05) is 12.8 Å². The fourth-order valence-corrected chi connectivity index (χ4v) is 11.3. The number of ether oxygens (including phenoxy) is 2. The molecule has 2 N–H and O–H groups in total. The lowest BCUT2D eigenvalue weighted by Gasteiger charge is -2.32. The number of carbonyl (C=O) groups is 4. The number of nitrogens with one attached hydrogen (secondary N) is 2. The highest BCUT2D eigenvalue weighted by Crippen LogP contribution is 2.44. The number of carbonyl (C=O) groups excluding carboxylic acids is 4. The van der Waals surface area contributed by atoms with Crippen LogP contribution in [0.1, 0.15) is 83.7 Å². The zero-order valence-corrected chi connectivity index (χ0v) is 33.4. The van der Waals surface area contributed by atoms with Gasteiger partial charge in [0, 0.05) is 18.5 Å². The topological polar surface area (TPSA) is 114 Å². The predicted octanol–water partition coefficient (Wildman–Crippen LogP) is 7.74. The van der Waals surface area contributed by atoms with Crippen LogP contribution in [0.5, 0.6) is 0 Å². The molecule has 3 atom stereocenters. The van der Waals surface area contributed by atoms with E-state index in [1.54, 1.807) is 29.2 Å². The molecule has 0 bridgehead atoms. The molecule has 1 saturated heterocycles. The number of hydrogen-bond donors (Lipinski definition) is 2. The maximum absolute atomic E-state index is 14.7. The van der Waals surface area contributed by atoms with Gasteiger partial charge in [-0.15, -0.1) is 0 Å². The summed E-state index contributed by atoms with van der Waals surface area (Å²) in [6.07, 6.45) is 2.73. The fourth-order valence-electron chi connectivity index (χ4n) is 8.44. The van der Waals surface area contributed by atoms with Gasteiger partial charge in [0.15, 0.2) is 0 Å². The van der Waals surface area contributed by atoms with Gasteiger partial charge in [0.25, 0.3) is 0 Å². The fraction of sp³-hybridized carbons (Fsp3) is 0.378. The standard InChI is InChI=1S/C45H51N3O6Si/c1-45(2,3)54-43(51)31-23-21-29(22-24-31)25-39(47-44(52)53-26-37-35-18-10-8-16-33(35)34-17-9-11-19-36(34)37)42(50)48-28-55(4,5)27-40(48)41(49)46-38-20-12-14-30-13-6-7-15-32(30)38/h6-11,13,15-19,21-24,37-40H,12,14,20,25-28H2,1-5H3,(H,46,49)(H,47,52)/t38-,39+,40+/m1/s1. The van der Waals surface area contributed by atoms with Crippen molar-refractivity contribution in [3.63, 3.8) is 0 Å². The molecule has 0 unspecified atom stereocenters. The Morgan fingerprint density at radius 2 is 1.45 bits per heavy atom. The summed E-state index contributed by atoms with van der Waals surface area (Å²) in [6, 6.07) is 30.2. The summed E-state index contributed by atoms with van der Waals surface area (Å²) in [7, 11) is -2.00. The van der Waals surface area contributed by atoms with Gasteiger partial charge in [-0.3, -0.25) is 9.59 Å². The largest absolute Gasteiger partial charge is 0.456 e. The van der Waals surface area contributed by atoms with Gasteiger partial charge >= 0.3 is 12.1 Å². The molecule has 0 saturated carbocycles. The highest BCUT2D eigenvalue weighted by Gasteiger charge is 2.47. The molecule has 9 nitrogen and oxygen atoms in total. The summed E-state index contributed by atoms with van der Waals surface area (Å²) in [5, 5.41) is 6.21. The van der Waals surface area contributed by atoms with E-state index < -0.39 is 37.8 Å². The average molecular weight is 758 g/mol. The number of nitrogens with zero attached hydrogens (tertiary/aromatic N) is 1. The van der Waals surface area contributed by atoms with Gasteiger partial charge in [0.1, 0.15) is 24.3 Å². The first-order valence-corrected chi connectivity index (χ1v) is 22.8. The molecule has 286 valence electrons. The minimum atomic E-state index is -2.00. The second-order valence-electron chi connectivity index (χ2n) is 16.9. The molecule has 3 amide bonds. The molecule has 10 heteroatoms. The molecule has 1 fully saturated rings. The summed E-state index contributed by atoms with van der Waals surface area (Å²) in [5.74, 6) is -1.07. The van der Waals surface area contributed by atoms with Crippen molar-refractivity contribution in [2.24, 2.45) is 0 Å². The van der Waals surface area contributed by atoms with Crippen molar-refractivity contribution in [1.82, 2.24) is 15.5 Å². The highest BCUT2D eigenvalue weighted by atomic mass is 28.3. The quantitative estimate of drug-likeness (QED) is 0.133. The minimum absolute atomic E-state index is 0.100. The Kier molecular flexibility index (Phi) is 10.7. The average Bonchev–Trinajstić information content (AvgIpc) is 3.66. The van der Waals surface area contributed by atoms with Crippen molar-refractivity contribution >= 4 is 32.0 Å². The van der Waals surface area contributed by atoms with Gasteiger partial charge in [-0.1, -0.05) is 98.0 Å². The van der Waals surface area contributed by atoms with Crippen LogP contribution in [0.25, 0.3) is 11.1 Å². The number of amides is 3. The van der Waals surface area contributed by atoms with Gasteiger partial charge < -0.3 is 25.0 Å². The maximum Gasteiger partial charge on any atom is 0.407 e. The Morgan fingerprint density at radius 3 is 2.11 bits per heavy atom. The Balaban J connectivity index is 1.11. The smallest absolute Gasteiger partial charge is 0.407 e. The molecule has 0 radical (unpaired) electrons. The number of esters is 1. The van der Waals surface area contributed by atoms with E-state index >= 15 is 0 Å². The van der Waals surface area contributed by atoms with E-state index in [2.05, 4.69) is 60.1 Å². The van der Waals surface area contributed by atoms with Crippen LogP contribution in [0.15, 0.2) is 97.1 Å². The lowest BCUT2D eigenvalue weighted by molar-refractivity contribution is -0.139. The summed E-state index contributed by atoms with van der Waals surface area (Å²) >= 11 is 0. The Hall–Kier alpha value is -5.22. The van der Waals surface area contributed by atoms with E-state index in [9.17, 15) is 19.2 Å². The number of rotatable bonds is 9. The van der Waals surface area contributed by atoms with Crippen molar-refractivity contribution in [3.05, 3.63) is 130 Å². The van der Waals surface area contributed by atoms with Crippen molar-refractivity contribution in [1.29, 1.82) is 0 Å². The summed E-state index contributed by atoms with van der Waals surface area (Å²) in [4.78, 5) is 57.0.